The van der Waals surface area contributed by atoms with Crippen LogP contribution in [-0.2, 0) is 33.8 Å². The Morgan fingerprint density at radius 1 is 0.846 bits per heavy atom. The van der Waals surface area contributed by atoms with Crippen molar-refractivity contribution < 1.29 is 19.1 Å². The van der Waals surface area contributed by atoms with Crippen molar-refractivity contribution in [1.82, 2.24) is 10.2 Å². The van der Waals surface area contributed by atoms with Crippen LogP contribution in [-0.4, -0.2) is 48.3 Å². The molecule has 0 aliphatic rings. The molecule has 1 atom stereocenters. The molecule has 39 heavy (non-hydrogen) atoms. The first-order chi connectivity index (χ1) is 18.9. The molecule has 0 heterocycles. The summed E-state index contributed by atoms with van der Waals surface area (Å²) in [5.74, 6) is -0.749. The maximum absolute atomic E-state index is 13.6. The molecule has 3 aromatic rings. The Bertz CT molecular complexity index is 1210. The van der Waals surface area contributed by atoms with Crippen molar-refractivity contribution in [3.63, 3.8) is 0 Å². The molecule has 0 bridgehead atoms. The van der Waals surface area contributed by atoms with Crippen molar-refractivity contribution in [3.8, 4) is 5.75 Å². The Morgan fingerprint density at radius 2 is 1.41 bits per heavy atom. The first kappa shape index (κ1) is 28.9. The topological polar surface area (TPSA) is 140 Å². The van der Waals surface area contributed by atoms with E-state index in [0.29, 0.717) is 12.2 Å². The van der Waals surface area contributed by atoms with Gasteiger partial charge >= 0.3 is 0 Å². The Kier molecular flexibility index (Phi) is 11.1. The van der Waals surface area contributed by atoms with Gasteiger partial charge in [0.1, 0.15) is 11.8 Å². The summed E-state index contributed by atoms with van der Waals surface area (Å²) in [7, 11) is 1.57. The van der Waals surface area contributed by atoms with E-state index in [1.807, 2.05) is 84.9 Å². The van der Waals surface area contributed by atoms with Crippen LogP contribution in [0.1, 0.15) is 29.5 Å². The molecule has 1 unspecified atom stereocenters. The molecule has 0 saturated heterocycles. The van der Waals surface area contributed by atoms with Gasteiger partial charge in [0.05, 0.1) is 20.0 Å². The molecule has 0 saturated carbocycles. The number of carbonyl (C=O) groups excluding carboxylic acids is 3. The number of methoxy groups -OCH3 is 1. The van der Waals surface area contributed by atoms with E-state index in [4.69, 9.17) is 16.2 Å². The first-order valence-electron chi connectivity index (χ1n) is 12.8. The van der Waals surface area contributed by atoms with E-state index >= 15 is 0 Å². The van der Waals surface area contributed by atoms with Crippen molar-refractivity contribution in [2.45, 2.75) is 38.3 Å². The van der Waals surface area contributed by atoms with Gasteiger partial charge in [0.25, 0.3) is 0 Å². The van der Waals surface area contributed by atoms with E-state index in [2.05, 4.69) is 10.3 Å². The summed E-state index contributed by atoms with van der Waals surface area (Å²) >= 11 is 0. The maximum atomic E-state index is 13.6. The number of nitrogens with two attached hydrogens (primary N) is 2. The summed E-state index contributed by atoms with van der Waals surface area (Å²) in [6.07, 6.45) is 0.550. The third-order valence-corrected chi connectivity index (χ3v) is 6.08. The number of guanidine groups is 1. The summed E-state index contributed by atoms with van der Waals surface area (Å²) < 4.78 is 5.27. The normalized spacial score (nSPS) is 11.2. The summed E-state index contributed by atoms with van der Waals surface area (Å²) in [4.78, 5) is 45.9. The Labute approximate surface area is 228 Å². The van der Waals surface area contributed by atoms with Gasteiger partial charge in [-0.15, -0.1) is 0 Å². The van der Waals surface area contributed by atoms with E-state index < -0.39 is 23.8 Å². The lowest BCUT2D eigenvalue weighted by Crippen LogP contribution is -2.53. The minimum absolute atomic E-state index is 0.0189. The lowest BCUT2D eigenvalue weighted by molar-refractivity contribution is -0.151. The zero-order valence-electron chi connectivity index (χ0n) is 22.1. The zero-order valence-corrected chi connectivity index (χ0v) is 22.1. The Hall–Kier alpha value is -4.66. The molecule has 0 spiro atoms. The number of carbonyl (C=O) groups is 3. The number of hydrogen-bond acceptors (Lipinski definition) is 5. The molecule has 204 valence electrons. The number of hydrogen-bond donors (Lipinski definition) is 3. The Balaban J connectivity index is 1.88. The quantitative estimate of drug-likeness (QED) is 0.177. The van der Waals surface area contributed by atoms with Gasteiger partial charge in [-0.05, 0) is 41.7 Å². The largest absolute Gasteiger partial charge is 0.497 e. The fourth-order valence-electron chi connectivity index (χ4n) is 4.16. The number of ether oxygens (including phenoxy) is 1. The molecule has 3 amide bonds. The van der Waals surface area contributed by atoms with E-state index in [1.165, 1.54) is 0 Å². The van der Waals surface area contributed by atoms with E-state index in [-0.39, 0.29) is 38.3 Å². The number of imide groups is 1. The minimum atomic E-state index is -1.04. The van der Waals surface area contributed by atoms with Gasteiger partial charge < -0.3 is 21.5 Å². The Morgan fingerprint density at radius 3 is 1.95 bits per heavy atom. The third kappa shape index (κ3) is 9.30. The SMILES string of the molecule is COc1cccc(CNC(=O)C(CCCN=C(N)N)N(C(=O)Cc2ccccc2)C(=O)Cc2ccccc2)c1. The van der Waals surface area contributed by atoms with Crippen LogP contribution in [0.5, 0.6) is 5.75 Å². The van der Waals surface area contributed by atoms with Crippen LogP contribution < -0.4 is 21.5 Å². The van der Waals surface area contributed by atoms with Crippen LogP contribution in [0, 0.1) is 0 Å². The smallest absolute Gasteiger partial charge is 0.243 e. The highest BCUT2D eigenvalue weighted by Gasteiger charge is 2.34. The van der Waals surface area contributed by atoms with Crippen LogP contribution >= 0.6 is 0 Å². The van der Waals surface area contributed by atoms with E-state index in [9.17, 15) is 14.4 Å². The maximum Gasteiger partial charge on any atom is 0.243 e. The molecule has 0 fully saturated rings. The minimum Gasteiger partial charge on any atom is -0.497 e. The lowest BCUT2D eigenvalue weighted by atomic mass is 10.0. The van der Waals surface area contributed by atoms with Gasteiger partial charge in [-0.2, -0.15) is 0 Å². The highest BCUT2D eigenvalue weighted by molar-refractivity contribution is 6.01. The second kappa shape index (κ2) is 14.9. The predicted octanol–water partition coefficient (Wildman–Crippen LogP) is 2.57. The van der Waals surface area contributed by atoms with Crippen molar-refractivity contribution in [2.75, 3.05) is 13.7 Å². The van der Waals surface area contributed by atoms with Gasteiger partial charge in [0.15, 0.2) is 5.96 Å². The number of amides is 3. The van der Waals surface area contributed by atoms with Crippen LogP contribution in [0.15, 0.2) is 89.9 Å². The molecule has 5 N–H and O–H groups in total. The molecular weight excluding hydrogens is 494 g/mol. The number of aliphatic imine (C=N–C) groups is 1. The van der Waals surface area contributed by atoms with Crippen molar-refractivity contribution in [1.29, 1.82) is 0 Å². The van der Waals surface area contributed by atoms with Crippen LogP contribution in [0.4, 0.5) is 0 Å². The standard InChI is InChI=1S/C30H35N5O4/c1-39-25-15-8-14-24(18-25)21-34-29(38)26(16-9-17-33-30(31)32)35(27(36)19-22-10-4-2-5-11-22)28(37)20-23-12-6-3-7-13-23/h2-8,10-15,18,26H,9,16-17,19-21H2,1H3,(H,34,38)(H4,31,32,33). The van der Waals surface area contributed by atoms with Crippen molar-refractivity contribution in [2.24, 2.45) is 16.5 Å². The lowest BCUT2D eigenvalue weighted by Gasteiger charge is -2.30. The molecule has 9 nitrogen and oxygen atoms in total. The van der Waals surface area contributed by atoms with Crippen LogP contribution in [0.3, 0.4) is 0 Å². The summed E-state index contributed by atoms with van der Waals surface area (Å²) in [5, 5.41) is 2.89. The molecule has 0 aliphatic carbocycles. The van der Waals surface area contributed by atoms with Gasteiger partial charge in [0, 0.05) is 13.1 Å². The highest BCUT2D eigenvalue weighted by atomic mass is 16.5. The zero-order chi connectivity index (χ0) is 28.0. The van der Waals surface area contributed by atoms with Gasteiger partial charge in [-0.1, -0.05) is 72.8 Å². The highest BCUT2D eigenvalue weighted by Crippen LogP contribution is 2.16. The fourth-order valence-corrected chi connectivity index (χ4v) is 4.16. The second-order valence-electron chi connectivity index (χ2n) is 9.02. The first-order valence-corrected chi connectivity index (χ1v) is 12.8. The predicted molar refractivity (Wildman–Crippen MR) is 151 cm³/mol. The molecule has 9 heteroatoms. The van der Waals surface area contributed by atoms with Crippen molar-refractivity contribution in [3.05, 3.63) is 102 Å². The number of nitrogens with one attached hydrogen (secondary N) is 1. The van der Waals surface area contributed by atoms with Crippen LogP contribution in [0.2, 0.25) is 0 Å². The monoisotopic (exact) mass is 529 g/mol. The molecule has 0 aromatic heterocycles. The molecule has 0 aliphatic heterocycles. The van der Waals surface area contributed by atoms with Gasteiger partial charge in [-0.3, -0.25) is 24.3 Å². The van der Waals surface area contributed by atoms with E-state index in [0.717, 1.165) is 21.6 Å². The van der Waals surface area contributed by atoms with E-state index in [1.54, 1.807) is 7.11 Å². The molecule has 3 rings (SSSR count). The average Bonchev–Trinajstić information content (AvgIpc) is 2.94. The number of benzene rings is 3. The van der Waals surface area contributed by atoms with Crippen molar-refractivity contribution >= 4 is 23.7 Å². The molecule has 0 radical (unpaired) electrons. The summed E-state index contributed by atoms with van der Waals surface area (Å²) in [5.41, 5.74) is 13.2. The van der Waals surface area contributed by atoms with Gasteiger partial charge in [0.2, 0.25) is 17.7 Å². The fraction of sp³-hybridized carbons (Fsp3) is 0.267. The number of rotatable bonds is 13. The molecule has 3 aromatic carbocycles. The summed E-state index contributed by atoms with van der Waals surface area (Å²) in [6.45, 7) is 0.462. The van der Waals surface area contributed by atoms with Gasteiger partial charge in [-0.25, -0.2) is 0 Å². The van der Waals surface area contributed by atoms with Crippen LogP contribution in [0.25, 0.3) is 0 Å². The third-order valence-electron chi connectivity index (χ3n) is 6.08. The average molecular weight is 530 g/mol. The molecular formula is C30H35N5O4. The summed E-state index contributed by atoms with van der Waals surface area (Å²) in [6, 6.07) is 24.5. The second-order valence-corrected chi connectivity index (χ2v) is 9.02. The number of nitrogens with zero attached hydrogens (tertiary/aromatic N) is 2.